The first-order chi connectivity index (χ1) is 16.0. The Hall–Kier alpha value is -2.73. The number of hydrogen-bond acceptors (Lipinski definition) is 3. The molecule has 0 atom stereocenters. The molecule has 2 N–H and O–H groups in total. The lowest BCUT2D eigenvalue weighted by atomic mass is 9.85. The summed E-state index contributed by atoms with van der Waals surface area (Å²) in [5.41, 5.74) is 4.30. The summed E-state index contributed by atoms with van der Waals surface area (Å²) in [6.07, 6.45) is 0.782. The second-order valence-electron chi connectivity index (χ2n) is 10.7. The Morgan fingerprint density at radius 2 is 1.47 bits per heavy atom. The smallest absolute Gasteiger partial charge is 0.191 e. The van der Waals surface area contributed by atoms with Crippen LogP contribution in [-0.4, -0.2) is 30.0 Å². The molecule has 4 rings (SSSR count). The van der Waals surface area contributed by atoms with Crippen molar-refractivity contribution in [3.63, 3.8) is 0 Å². The van der Waals surface area contributed by atoms with E-state index in [0.717, 1.165) is 39.7 Å². The van der Waals surface area contributed by atoms with Gasteiger partial charge in [0.1, 0.15) is 5.82 Å². The van der Waals surface area contributed by atoms with Gasteiger partial charge in [-0.25, -0.2) is 4.98 Å². The van der Waals surface area contributed by atoms with Crippen molar-refractivity contribution in [3.05, 3.63) is 101 Å². The Bertz CT molecular complexity index is 1220. The molecule has 0 saturated carbocycles. The van der Waals surface area contributed by atoms with Gasteiger partial charge in [-0.15, -0.1) is 0 Å². The number of imidazole rings is 1. The van der Waals surface area contributed by atoms with Gasteiger partial charge >= 0.3 is 0 Å². The fourth-order valence-corrected chi connectivity index (χ4v) is 5.19. The topological polar surface area (TPSA) is 58.1 Å². The van der Waals surface area contributed by atoms with Gasteiger partial charge in [0.15, 0.2) is 13.9 Å². The van der Waals surface area contributed by atoms with E-state index < -0.39 is 13.9 Å². The average molecular weight is 473 g/mol. The molecule has 0 aliphatic rings. The summed E-state index contributed by atoms with van der Waals surface area (Å²) < 4.78 is 6.45. The molecule has 0 unspecified atom stereocenters. The minimum Gasteiger partial charge on any atom is -0.416 e. The lowest BCUT2D eigenvalue weighted by Gasteiger charge is -2.36. The molecule has 3 aromatic carbocycles. The summed E-state index contributed by atoms with van der Waals surface area (Å²) in [4.78, 5) is 8.44. The molecule has 0 aliphatic heterocycles. The normalized spacial score (nSPS) is 12.9. The predicted molar refractivity (Wildman–Crippen MR) is 143 cm³/mol. The van der Waals surface area contributed by atoms with Gasteiger partial charge in [0.2, 0.25) is 0 Å². The lowest BCUT2D eigenvalue weighted by molar-refractivity contribution is 0.117. The van der Waals surface area contributed by atoms with E-state index in [1.165, 1.54) is 0 Å². The van der Waals surface area contributed by atoms with Crippen LogP contribution in [0.2, 0.25) is 18.1 Å². The van der Waals surface area contributed by atoms with Crippen LogP contribution in [0.4, 0.5) is 0 Å². The van der Waals surface area contributed by atoms with E-state index in [0.29, 0.717) is 12.4 Å². The van der Waals surface area contributed by atoms with Crippen LogP contribution in [0.15, 0.2) is 72.8 Å². The van der Waals surface area contributed by atoms with Gasteiger partial charge in [-0.05, 0) is 59.8 Å². The molecule has 0 bridgehead atoms. The molecular formula is C29H36N2O2Si. The number of nitrogens with one attached hydrogen (secondary N) is 1. The van der Waals surface area contributed by atoms with Crippen LogP contribution in [0.3, 0.4) is 0 Å². The molecule has 34 heavy (non-hydrogen) atoms. The number of nitrogens with zero attached hydrogens (tertiary/aromatic N) is 1. The van der Waals surface area contributed by atoms with Gasteiger partial charge in [-0.2, -0.15) is 0 Å². The Labute approximate surface area is 204 Å². The van der Waals surface area contributed by atoms with Crippen molar-refractivity contribution >= 4 is 19.4 Å². The minimum absolute atomic E-state index is 0.177. The maximum atomic E-state index is 12.1. The number of H-pyrrole nitrogens is 1. The number of aliphatic hydroxyl groups is 1. The Kier molecular flexibility index (Phi) is 6.56. The van der Waals surface area contributed by atoms with Gasteiger partial charge in [-0.1, -0.05) is 87.5 Å². The molecule has 4 nitrogen and oxygen atoms in total. The van der Waals surface area contributed by atoms with Crippen LogP contribution in [0.5, 0.6) is 0 Å². The SMILES string of the molecule is Cc1cc(CCO[Si](C)(C)C(C)(C)C)c2nc(C(O)(c3ccccc3)c3ccccc3)[nH]c2c1. The highest BCUT2D eigenvalue weighted by Crippen LogP contribution is 2.38. The molecule has 0 radical (unpaired) electrons. The second kappa shape index (κ2) is 9.14. The predicted octanol–water partition coefficient (Wildman–Crippen LogP) is 6.72. The van der Waals surface area contributed by atoms with Crippen molar-refractivity contribution in [1.29, 1.82) is 0 Å². The summed E-state index contributed by atoms with van der Waals surface area (Å²) in [5.74, 6) is 0.525. The fourth-order valence-electron chi connectivity index (χ4n) is 4.14. The first-order valence-corrected chi connectivity index (χ1v) is 14.9. The lowest BCUT2D eigenvalue weighted by Crippen LogP contribution is -2.41. The Morgan fingerprint density at radius 1 is 0.912 bits per heavy atom. The highest BCUT2D eigenvalue weighted by atomic mass is 28.4. The molecule has 1 heterocycles. The van der Waals surface area contributed by atoms with Crippen LogP contribution in [-0.2, 0) is 16.4 Å². The highest BCUT2D eigenvalue weighted by Gasteiger charge is 2.38. The first-order valence-electron chi connectivity index (χ1n) is 12.0. The van der Waals surface area contributed by atoms with E-state index in [-0.39, 0.29) is 5.04 Å². The second-order valence-corrected chi connectivity index (χ2v) is 15.5. The number of aryl methyl sites for hydroxylation is 1. The fraction of sp³-hybridized carbons (Fsp3) is 0.345. The number of benzene rings is 3. The number of aromatic amines is 1. The van der Waals surface area contributed by atoms with Crippen molar-refractivity contribution in [2.24, 2.45) is 0 Å². The van der Waals surface area contributed by atoms with Crippen LogP contribution in [0.25, 0.3) is 11.0 Å². The third-order valence-corrected chi connectivity index (χ3v) is 11.7. The summed E-state index contributed by atoms with van der Waals surface area (Å²) in [6, 6.07) is 23.7. The summed E-state index contributed by atoms with van der Waals surface area (Å²) >= 11 is 0. The largest absolute Gasteiger partial charge is 0.416 e. The molecule has 1 aromatic heterocycles. The molecule has 0 fully saturated rings. The van der Waals surface area contributed by atoms with Crippen molar-refractivity contribution in [2.45, 2.75) is 57.8 Å². The monoisotopic (exact) mass is 472 g/mol. The Morgan fingerprint density at radius 3 is 2.00 bits per heavy atom. The van der Waals surface area contributed by atoms with E-state index in [1.54, 1.807) is 0 Å². The third kappa shape index (κ3) is 4.60. The van der Waals surface area contributed by atoms with Crippen molar-refractivity contribution < 1.29 is 9.53 Å². The van der Waals surface area contributed by atoms with Crippen LogP contribution < -0.4 is 0 Å². The van der Waals surface area contributed by atoms with E-state index in [9.17, 15) is 5.11 Å². The molecule has 0 spiro atoms. The summed E-state index contributed by atoms with van der Waals surface area (Å²) in [5, 5.41) is 12.3. The zero-order valence-corrected chi connectivity index (χ0v) is 22.1. The molecule has 0 aliphatic carbocycles. The maximum absolute atomic E-state index is 12.1. The molecule has 178 valence electrons. The molecule has 0 amide bonds. The molecule has 5 heteroatoms. The molecular weight excluding hydrogens is 436 g/mol. The van der Waals surface area contributed by atoms with Crippen LogP contribution in [0, 0.1) is 6.92 Å². The van der Waals surface area contributed by atoms with E-state index in [1.807, 2.05) is 60.7 Å². The van der Waals surface area contributed by atoms with Gasteiger partial charge in [0, 0.05) is 6.61 Å². The Balaban J connectivity index is 1.75. The van der Waals surface area contributed by atoms with Crippen LogP contribution >= 0.6 is 0 Å². The number of rotatable bonds is 7. The first kappa shape index (κ1) is 24.4. The third-order valence-electron chi connectivity index (χ3n) is 7.18. The van der Waals surface area contributed by atoms with Gasteiger partial charge in [0.25, 0.3) is 0 Å². The van der Waals surface area contributed by atoms with E-state index in [4.69, 9.17) is 9.41 Å². The van der Waals surface area contributed by atoms with Gasteiger partial charge in [0.05, 0.1) is 11.0 Å². The maximum Gasteiger partial charge on any atom is 0.191 e. The number of hydrogen-bond donors (Lipinski definition) is 2. The highest BCUT2D eigenvalue weighted by molar-refractivity contribution is 6.74. The van der Waals surface area contributed by atoms with Crippen molar-refractivity contribution in [1.82, 2.24) is 9.97 Å². The zero-order valence-electron chi connectivity index (χ0n) is 21.1. The minimum atomic E-state index is -1.82. The van der Waals surface area contributed by atoms with E-state index >= 15 is 0 Å². The van der Waals surface area contributed by atoms with Crippen molar-refractivity contribution in [3.8, 4) is 0 Å². The van der Waals surface area contributed by atoms with E-state index in [2.05, 4.69) is 57.9 Å². The molecule has 4 aromatic rings. The van der Waals surface area contributed by atoms with Crippen molar-refractivity contribution in [2.75, 3.05) is 6.61 Å². The standard InChI is InChI=1S/C29H36N2O2Si/c1-21-19-22(17-18-33-34(5,6)28(2,3)4)26-25(20-21)30-27(31-26)29(32,23-13-9-7-10-14-23)24-15-11-8-12-16-24/h7-16,19-20,32H,17-18H2,1-6H3,(H,30,31). The number of aromatic nitrogens is 2. The zero-order chi connectivity index (χ0) is 24.6. The van der Waals surface area contributed by atoms with Crippen LogP contribution in [0.1, 0.15) is 48.8 Å². The van der Waals surface area contributed by atoms with Gasteiger partial charge < -0.3 is 14.5 Å². The quantitative estimate of drug-likeness (QED) is 0.294. The number of fused-ring (bicyclic) bond motifs is 1. The molecule has 0 saturated heterocycles. The summed E-state index contributed by atoms with van der Waals surface area (Å²) in [6.45, 7) is 14.1. The summed E-state index contributed by atoms with van der Waals surface area (Å²) in [7, 11) is -1.82. The van der Waals surface area contributed by atoms with Gasteiger partial charge in [-0.3, -0.25) is 0 Å². The average Bonchev–Trinajstić information content (AvgIpc) is 3.23.